The lowest BCUT2D eigenvalue weighted by Gasteiger charge is -2.35. The first-order valence-electron chi connectivity index (χ1n) is 14.8. The second kappa shape index (κ2) is 11.8. The van der Waals surface area contributed by atoms with Crippen molar-refractivity contribution in [1.82, 2.24) is 19.4 Å². The van der Waals surface area contributed by atoms with E-state index in [9.17, 15) is 18.0 Å². The van der Waals surface area contributed by atoms with Crippen LogP contribution in [0.2, 0.25) is 5.02 Å². The van der Waals surface area contributed by atoms with Crippen LogP contribution in [0.1, 0.15) is 43.2 Å². The number of benzene rings is 2. The number of sulfonamides is 1. The Bertz CT molecular complexity index is 1470. The highest BCUT2D eigenvalue weighted by Gasteiger charge is 2.36. The Morgan fingerprint density at radius 2 is 1.76 bits per heavy atom. The zero-order valence-electron chi connectivity index (χ0n) is 23.9. The zero-order chi connectivity index (χ0) is 29.4. The number of carbonyl (C=O) groups excluding carboxylic acids is 2. The van der Waals surface area contributed by atoms with Crippen molar-refractivity contribution in [2.45, 2.75) is 56.1 Å². The van der Waals surface area contributed by atoms with Crippen molar-refractivity contribution < 1.29 is 22.7 Å². The van der Waals surface area contributed by atoms with E-state index in [1.165, 1.54) is 11.0 Å². The number of hydrogen-bond acceptors (Lipinski definition) is 6. The minimum absolute atomic E-state index is 0.00509. The fourth-order valence-electron chi connectivity index (χ4n) is 6.71. The van der Waals surface area contributed by atoms with Crippen LogP contribution in [0.5, 0.6) is 5.75 Å². The Balaban J connectivity index is 1.41. The number of urea groups is 2. The standard InChI is InChI=1S/C30H38ClN5O5S/c1-33-17-21-11-14-35(18-21)29(37)32-42(39,40)26-9-10-28-27(16-26)34(19-25-6-4-13-36(25)30(33)38)12-3-2-5-22-15-24(31)8-7-23(22)20-41-28/h7-10,15-16,21,25H,2-6,11-14,17-20H2,1H3,(H,32,37). The monoisotopic (exact) mass is 615 g/mol. The molecule has 0 radical (unpaired) electrons. The first-order valence-corrected chi connectivity index (χ1v) is 16.7. The molecular formula is C30H38ClN5O5S. The van der Waals surface area contributed by atoms with E-state index in [2.05, 4.69) is 9.62 Å². The molecule has 2 aromatic carbocycles. The number of nitrogens with one attached hydrogen (secondary N) is 1. The number of nitrogens with zero attached hydrogens (tertiary/aromatic N) is 4. The molecule has 2 atom stereocenters. The van der Waals surface area contributed by atoms with Gasteiger partial charge in [0, 0.05) is 51.3 Å². The van der Waals surface area contributed by atoms with Crippen LogP contribution in [0.4, 0.5) is 15.3 Å². The van der Waals surface area contributed by atoms with Gasteiger partial charge in [-0.1, -0.05) is 17.7 Å². The van der Waals surface area contributed by atoms with Gasteiger partial charge in [-0.05, 0) is 85.9 Å². The number of anilines is 1. The first kappa shape index (κ1) is 28.9. The van der Waals surface area contributed by atoms with E-state index in [0.717, 1.165) is 43.2 Å². The maximum Gasteiger partial charge on any atom is 0.331 e. The second-order valence-electron chi connectivity index (χ2n) is 11.9. The molecule has 2 fully saturated rings. The number of aryl methyl sites for hydroxylation is 1. The molecule has 1 N–H and O–H groups in total. The summed E-state index contributed by atoms with van der Waals surface area (Å²) >= 11 is 6.30. The number of carbonyl (C=O) groups is 2. The lowest BCUT2D eigenvalue weighted by molar-refractivity contribution is 0.152. The number of fused-ring (bicyclic) bond motifs is 5. The van der Waals surface area contributed by atoms with E-state index in [1.807, 2.05) is 30.1 Å². The highest BCUT2D eigenvalue weighted by atomic mass is 35.5. The topological polar surface area (TPSA) is 102 Å². The molecule has 0 saturated carbocycles. The number of amides is 4. The third-order valence-corrected chi connectivity index (χ3v) is 10.5. The summed E-state index contributed by atoms with van der Waals surface area (Å²) in [4.78, 5) is 34.1. The third-order valence-electron chi connectivity index (χ3n) is 8.96. The summed E-state index contributed by atoms with van der Waals surface area (Å²) in [6.45, 7) is 3.58. The Hall–Kier alpha value is -3.18. The fourth-order valence-corrected chi connectivity index (χ4v) is 7.89. The predicted octanol–water partition coefficient (Wildman–Crippen LogP) is 4.31. The largest absolute Gasteiger partial charge is 0.487 e. The zero-order valence-corrected chi connectivity index (χ0v) is 25.5. The predicted molar refractivity (Wildman–Crippen MR) is 161 cm³/mol. The van der Waals surface area contributed by atoms with E-state index in [4.69, 9.17) is 16.3 Å². The van der Waals surface area contributed by atoms with Crippen LogP contribution in [-0.4, -0.2) is 87.5 Å². The van der Waals surface area contributed by atoms with Crippen LogP contribution in [0.15, 0.2) is 41.3 Å². The molecular weight excluding hydrogens is 578 g/mol. The van der Waals surface area contributed by atoms with E-state index in [-0.39, 0.29) is 22.9 Å². The maximum absolute atomic E-state index is 13.6. The molecule has 12 heteroatoms. The molecule has 2 unspecified atom stereocenters. The fraction of sp³-hybridized carbons (Fsp3) is 0.533. The molecule has 2 saturated heterocycles. The van der Waals surface area contributed by atoms with Crippen LogP contribution < -0.4 is 14.4 Å². The summed E-state index contributed by atoms with van der Waals surface area (Å²) < 4.78 is 35.6. The van der Waals surface area contributed by atoms with Gasteiger partial charge in [-0.3, -0.25) is 0 Å². The molecule has 4 aliphatic heterocycles. The molecule has 6 rings (SSSR count). The molecule has 10 nitrogen and oxygen atoms in total. The molecule has 4 heterocycles. The van der Waals surface area contributed by atoms with E-state index < -0.39 is 16.1 Å². The van der Waals surface area contributed by atoms with Gasteiger partial charge in [0.05, 0.1) is 16.6 Å². The number of rotatable bonds is 0. The molecule has 0 aliphatic carbocycles. The summed E-state index contributed by atoms with van der Waals surface area (Å²) in [6.07, 6.45) is 5.14. The van der Waals surface area contributed by atoms with Gasteiger partial charge in [-0.25, -0.2) is 22.7 Å². The Morgan fingerprint density at radius 3 is 2.62 bits per heavy atom. The lowest BCUT2D eigenvalue weighted by atomic mass is 10.0. The van der Waals surface area contributed by atoms with Gasteiger partial charge in [0.25, 0.3) is 10.0 Å². The summed E-state index contributed by atoms with van der Waals surface area (Å²) in [5.74, 6) is 0.647. The third kappa shape index (κ3) is 5.99. The molecule has 4 amide bonds. The average Bonchev–Trinajstić information content (AvgIpc) is 3.62. The minimum Gasteiger partial charge on any atom is -0.487 e. The Kier molecular flexibility index (Phi) is 8.15. The van der Waals surface area contributed by atoms with Crippen LogP contribution in [0.25, 0.3) is 0 Å². The molecule has 4 bridgehead atoms. The number of ether oxygens (including phenoxy) is 1. The van der Waals surface area contributed by atoms with Crippen molar-refractivity contribution in [2.24, 2.45) is 5.92 Å². The van der Waals surface area contributed by atoms with Crippen LogP contribution in [0, 0.1) is 5.92 Å². The van der Waals surface area contributed by atoms with Gasteiger partial charge in [0.1, 0.15) is 12.4 Å². The molecule has 226 valence electrons. The van der Waals surface area contributed by atoms with Crippen molar-refractivity contribution in [2.75, 3.05) is 51.2 Å². The summed E-state index contributed by atoms with van der Waals surface area (Å²) in [6, 6.07) is 9.95. The average molecular weight is 616 g/mol. The van der Waals surface area contributed by atoms with Crippen molar-refractivity contribution in [3.63, 3.8) is 0 Å². The van der Waals surface area contributed by atoms with Gasteiger partial charge in [0.2, 0.25) is 0 Å². The summed E-state index contributed by atoms with van der Waals surface area (Å²) in [7, 11) is -2.31. The number of halogens is 1. The van der Waals surface area contributed by atoms with E-state index >= 15 is 0 Å². The maximum atomic E-state index is 13.6. The van der Waals surface area contributed by atoms with Gasteiger partial charge in [0.15, 0.2) is 0 Å². The van der Waals surface area contributed by atoms with Crippen molar-refractivity contribution in [3.05, 3.63) is 52.5 Å². The van der Waals surface area contributed by atoms with Crippen molar-refractivity contribution in [1.29, 1.82) is 0 Å². The summed E-state index contributed by atoms with van der Waals surface area (Å²) in [5, 5.41) is 0.687. The van der Waals surface area contributed by atoms with Gasteiger partial charge < -0.3 is 24.3 Å². The smallest absolute Gasteiger partial charge is 0.331 e. The van der Waals surface area contributed by atoms with E-state index in [1.54, 1.807) is 17.0 Å². The summed E-state index contributed by atoms with van der Waals surface area (Å²) in [5.41, 5.74) is 2.82. The molecule has 0 spiro atoms. The molecule has 4 aliphatic rings. The highest BCUT2D eigenvalue weighted by Crippen LogP contribution is 2.35. The lowest BCUT2D eigenvalue weighted by Crippen LogP contribution is -2.49. The molecule has 0 aromatic heterocycles. The van der Waals surface area contributed by atoms with Crippen LogP contribution >= 0.6 is 11.6 Å². The second-order valence-corrected chi connectivity index (χ2v) is 14.0. The van der Waals surface area contributed by atoms with E-state index in [0.29, 0.717) is 68.8 Å². The molecule has 2 aromatic rings. The van der Waals surface area contributed by atoms with Gasteiger partial charge in [-0.2, -0.15) is 0 Å². The van der Waals surface area contributed by atoms with Crippen molar-refractivity contribution in [3.8, 4) is 5.75 Å². The Labute approximate surface area is 252 Å². The first-order chi connectivity index (χ1) is 20.2. The van der Waals surface area contributed by atoms with Gasteiger partial charge in [-0.15, -0.1) is 0 Å². The normalized spacial score (nSPS) is 24.8. The van der Waals surface area contributed by atoms with Gasteiger partial charge >= 0.3 is 12.1 Å². The quantitative estimate of drug-likeness (QED) is 0.474. The highest BCUT2D eigenvalue weighted by molar-refractivity contribution is 7.90. The Morgan fingerprint density at radius 1 is 0.905 bits per heavy atom. The SMILES string of the molecule is CN1CC2CCN(C2)C(=O)NS(=O)(=O)c2ccc3c(c2)N(CCCCc2cc(Cl)ccc2CO3)CC2CCCN2C1=O. The molecule has 42 heavy (non-hydrogen) atoms. The van der Waals surface area contributed by atoms with Crippen LogP contribution in [0.3, 0.4) is 0 Å². The van der Waals surface area contributed by atoms with Crippen LogP contribution in [-0.2, 0) is 23.1 Å². The minimum atomic E-state index is -4.13. The number of hydrogen-bond donors (Lipinski definition) is 1. The van der Waals surface area contributed by atoms with Crippen molar-refractivity contribution >= 4 is 39.4 Å².